The van der Waals surface area contributed by atoms with Crippen LogP contribution in [-0.2, 0) is 0 Å². The van der Waals surface area contributed by atoms with Gasteiger partial charge in [-0.2, -0.15) is 5.26 Å². The maximum Gasteiger partial charge on any atom is 0.0655 e. The third-order valence-corrected chi connectivity index (χ3v) is 6.84. The van der Waals surface area contributed by atoms with Crippen LogP contribution in [0.15, 0.2) is 24.3 Å². The molecule has 0 aliphatic heterocycles. The zero-order valence-corrected chi connectivity index (χ0v) is 22.8. The smallest absolute Gasteiger partial charge is 0.0655 e. The molecule has 1 unspecified atom stereocenters. The molecular formula is C32H59N. The van der Waals surface area contributed by atoms with Crippen molar-refractivity contribution in [3.63, 3.8) is 0 Å². The van der Waals surface area contributed by atoms with E-state index < -0.39 is 0 Å². The minimum atomic E-state index is 0.313. The van der Waals surface area contributed by atoms with Crippen molar-refractivity contribution in [3.8, 4) is 6.07 Å². The van der Waals surface area contributed by atoms with Gasteiger partial charge in [-0.1, -0.05) is 147 Å². The van der Waals surface area contributed by atoms with Gasteiger partial charge in [-0.3, -0.25) is 0 Å². The van der Waals surface area contributed by atoms with Gasteiger partial charge >= 0.3 is 0 Å². The van der Waals surface area contributed by atoms with Crippen molar-refractivity contribution in [2.24, 2.45) is 5.92 Å². The van der Waals surface area contributed by atoms with E-state index in [1.807, 2.05) is 0 Å². The highest BCUT2D eigenvalue weighted by Gasteiger charge is 2.06. The number of rotatable bonds is 26. The molecule has 0 aromatic heterocycles. The summed E-state index contributed by atoms with van der Waals surface area (Å²) in [4.78, 5) is 0. The molecule has 0 aliphatic rings. The summed E-state index contributed by atoms with van der Waals surface area (Å²) in [6.45, 7) is 4.54. The Kier molecular flexibility index (Phi) is 28.1. The number of allylic oxidation sites excluding steroid dienone is 4. The number of nitriles is 1. The standard InChI is InChI=1S/C32H59N/c1-3-5-7-9-11-13-14-15-16-17-18-19-20-22-24-26-28-30-32(31-33)29-27-25-23-21-12-10-8-6-4-2/h11,13,15-16,32H,3-10,12,14,17-30H2,1-2H3/b13-11-,16-15-. The Balaban J connectivity index is 3.35. The maximum atomic E-state index is 9.42. The van der Waals surface area contributed by atoms with Crippen molar-refractivity contribution in [1.29, 1.82) is 5.26 Å². The van der Waals surface area contributed by atoms with Crippen LogP contribution in [0.25, 0.3) is 0 Å². The number of hydrogen-bond donors (Lipinski definition) is 0. The van der Waals surface area contributed by atoms with Gasteiger partial charge in [0, 0.05) is 5.92 Å². The van der Waals surface area contributed by atoms with E-state index in [2.05, 4.69) is 44.2 Å². The molecule has 0 aliphatic carbocycles. The zero-order chi connectivity index (χ0) is 24.1. The lowest BCUT2D eigenvalue weighted by atomic mass is 9.95. The Hall–Kier alpha value is -1.03. The lowest BCUT2D eigenvalue weighted by molar-refractivity contribution is 0.469. The minimum Gasteiger partial charge on any atom is -0.198 e. The average Bonchev–Trinajstić information content (AvgIpc) is 2.83. The second kappa shape index (κ2) is 29.0. The van der Waals surface area contributed by atoms with Crippen LogP contribution in [0.5, 0.6) is 0 Å². The summed E-state index contributed by atoms with van der Waals surface area (Å²) in [5, 5.41) is 9.42. The average molecular weight is 458 g/mol. The maximum absolute atomic E-state index is 9.42. The van der Waals surface area contributed by atoms with Crippen LogP contribution in [0.3, 0.4) is 0 Å². The van der Waals surface area contributed by atoms with E-state index in [0.29, 0.717) is 5.92 Å². The summed E-state index contributed by atoms with van der Waals surface area (Å²) in [7, 11) is 0. The molecular weight excluding hydrogens is 398 g/mol. The zero-order valence-electron chi connectivity index (χ0n) is 22.8. The van der Waals surface area contributed by atoms with Gasteiger partial charge < -0.3 is 0 Å². The van der Waals surface area contributed by atoms with E-state index in [-0.39, 0.29) is 0 Å². The van der Waals surface area contributed by atoms with Crippen molar-refractivity contribution in [1.82, 2.24) is 0 Å². The molecule has 0 N–H and O–H groups in total. The van der Waals surface area contributed by atoms with Gasteiger partial charge in [0.15, 0.2) is 0 Å². The van der Waals surface area contributed by atoms with Gasteiger partial charge in [0.25, 0.3) is 0 Å². The summed E-state index contributed by atoms with van der Waals surface area (Å²) >= 11 is 0. The highest BCUT2D eigenvalue weighted by molar-refractivity contribution is 4.92. The number of hydrogen-bond acceptors (Lipinski definition) is 1. The predicted molar refractivity (Wildman–Crippen MR) is 150 cm³/mol. The lowest BCUT2D eigenvalue weighted by Gasteiger charge is -2.09. The summed E-state index contributed by atoms with van der Waals surface area (Å²) in [6, 6.07) is 2.57. The Morgan fingerprint density at radius 3 is 1.30 bits per heavy atom. The summed E-state index contributed by atoms with van der Waals surface area (Å²) < 4.78 is 0. The van der Waals surface area contributed by atoms with Crippen LogP contribution >= 0.6 is 0 Å². The van der Waals surface area contributed by atoms with Crippen LogP contribution in [-0.4, -0.2) is 0 Å². The summed E-state index contributed by atoms with van der Waals surface area (Å²) in [5.41, 5.74) is 0. The van der Waals surface area contributed by atoms with Gasteiger partial charge in [0.05, 0.1) is 6.07 Å². The summed E-state index contributed by atoms with van der Waals surface area (Å²) in [5.74, 6) is 0.313. The quantitative estimate of drug-likeness (QED) is 0.0935. The lowest BCUT2D eigenvalue weighted by Crippen LogP contribution is -1.97. The fourth-order valence-corrected chi connectivity index (χ4v) is 4.53. The SMILES string of the molecule is CCCCC/C=C\C/C=C\CCCCCCCCCC(C#N)CCCCCCCCCCC. The molecule has 0 saturated carbocycles. The first-order valence-corrected chi connectivity index (χ1v) is 15.0. The minimum absolute atomic E-state index is 0.313. The van der Waals surface area contributed by atoms with Crippen LogP contribution in [0.4, 0.5) is 0 Å². The molecule has 1 atom stereocenters. The molecule has 1 nitrogen and oxygen atoms in total. The van der Waals surface area contributed by atoms with Crippen LogP contribution in [0, 0.1) is 17.2 Å². The van der Waals surface area contributed by atoms with Crippen LogP contribution in [0.2, 0.25) is 0 Å². The number of unbranched alkanes of at least 4 members (excludes halogenated alkanes) is 18. The van der Waals surface area contributed by atoms with Gasteiger partial charge in [-0.15, -0.1) is 0 Å². The van der Waals surface area contributed by atoms with Crippen molar-refractivity contribution < 1.29 is 0 Å². The van der Waals surface area contributed by atoms with Crippen molar-refractivity contribution >= 4 is 0 Å². The Labute approximate surface area is 209 Å². The molecule has 192 valence electrons. The molecule has 0 bridgehead atoms. The monoisotopic (exact) mass is 457 g/mol. The van der Waals surface area contributed by atoms with Gasteiger partial charge in [0.2, 0.25) is 0 Å². The molecule has 0 rings (SSSR count). The summed E-state index contributed by atoms with van der Waals surface area (Å²) in [6.07, 6.45) is 41.0. The van der Waals surface area contributed by atoms with E-state index >= 15 is 0 Å². The first kappa shape index (κ1) is 32.0. The highest BCUT2D eigenvalue weighted by atomic mass is 14.3. The van der Waals surface area contributed by atoms with Crippen LogP contribution < -0.4 is 0 Å². The third kappa shape index (κ3) is 27.1. The van der Waals surface area contributed by atoms with Gasteiger partial charge in [-0.25, -0.2) is 0 Å². The predicted octanol–water partition coefficient (Wildman–Crippen LogP) is 11.6. The van der Waals surface area contributed by atoms with Crippen molar-refractivity contribution in [2.75, 3.05) is 0 Å². The van der Waals surface area contributed by atoms with E-state index in [9.17, 15) is 5.26 Å². The van der Waals surface area contributed by atoms with Crippen molar-refractivity contribution in [3.05, 3.63) is 24.3 Å². The first-order valence-electron chi connectivity index (χ1n) is 15.0. The Morgan fingerprint density at radius 1 is 0.485 bits per heavy atom. The first-order chi connectivity index (χ1) is 16.3. The molecule has 0 spiro atoms. The van der Waals surface area contributed by atoms with E-state index in [0.717, 1.165) is 19.3 Å². The normalized spacial score (nSPS) is 12.6. The third-order valence-electron chi connectivity index (χ3n) is 6.84. The molecule has 33 heavy (non-hydrogen) atoms. The number of nitrogens with zero attached hydrogens (tertiary/aromatic N) is 1. The molecule has 0 aromatic rings. The Bertz CT molecular complexity index is 456. The molecule has 0 radical (unpaired) electrons. The molecule has 0 saturated heterocycles. The second-order valence-electron chi connectivity index (χ2n) is 10.2. The Morgan fingerprint density at radius 2 is 0.848 bits per heavy atom. The molecule has 0 fully saturated rings. The van der Waals surface area contributed by atoms with E-state index in [4.69, 9.17) is 0 Å². The topological polar surface area (TPSA) is 23.8 Å². The van der Waals surface area contributed by atoms with E-state index in [1.54, 1.807) is 0 Å². The second-order valence-corrected chi connectivity index (χ2v) is 10.2. The van der Waals surface area contributed by atoms with Crippen LogP contribution in [0.1, 0.15) is 168 Å². The van der Waals surface area contributed by atoms with Crippen molar-refractivity contribution in [2.45, 2.75) is 168 Å². The van der Waals surface area contributed by atoms with Gasteiger partial charge in [0.1, 0.15) is 0 Å². The largest absolute Gasteiger partial charge is 0.198 e. The molecule has 1 heteroatoms. The van der Waals surface area contributed by atoms with Gasteiger partial charge in [-0.05, 0) is 44.9 Å². The van der Waals surface area contributed by atoms with E-state index in [1.165, 1.54) is 135 Å². The molecule has 0 amide bonds. The fourth-order valence-electron chi connectivity index (χ4n) is 4.53. The highest BCUT2D eigenvalue weighted by Crippen LogP contribution is 2.19. The molecule has 0 aromatic carbocycles. The fraction of sp³-hybridized carbons (Fsp3) is 0.844. The molecule has 0 heterocycles.